The lowest BCUT2D eigenvalue weighted by molar-refractivity contribution is -0.191. The van der Waals surface area contributed by atoms with E-state index in [2.05, 4.69) is 0 Å². The molecule has 0 aromatic heterocycles. The third-order valence-corrected chi connectivity index (χ3v) is 3.46. The quantitative estimate of drug-likeness (QED) is 0.409. The third kappa shape index (κ3) is 3.54. The van der Waals surface area contributed by atoms with Gasteiger partial charge in [-0.25, -0.2) is 8.42 Å². The van der Waals surface area contributed by atoms with E-state index in [1.807, 2.05) is 0 Å². The Morgan fingerprint density at radius 2 is 1.65 bits per heavy atom. The first-order valence-electron chi connectivity index (χ1n) is 5.19. The number of rotatable bonds is 7. The molecule has 0 aromatic rings. The van der Waals surface area contributed by atoms with Crippen LogP contribution in [0.4, 0.5) is 17.6 Å². The smallest absolute Gasteiger partial charge is 0.396 e. The van der Waals surface area contributed by atoms with Crippen LogP contribution in [0.25, 0.3) is 0 Å². The summed E-state index contributed by atoms with van der Waals surface area (Å²) in [6.07, 6.45) is 1.32. The van der Waals surface area contributed by atoms with Crippen molar-refractivity contribution in [2.75, 3.05) is 0 Å². The lowest BCUT2D eigenvalue weighted by Gasteiger charge is -2.32. The average molecular weight is 279 g/mol. The SMILES string of the molecule is CCCCCC(C)C(F)(F)C(F)(F)S(=O)(=O)[O-]. The Labute approximate surface area is 97.9 Å². The highest BCUT2D eigenvalue weighted by Crippen LogP contribution is 2.44. The van der Waals surface area contributed by atoms with Gasteiger partial charge < -0.3 is 4.55 Å². The van der Waals surface area contributed by atoms with Crippen molar-refractivity contribution < 1.29 is 30.5 Å². The molecule has 1 atom stereocenters. The van der Waals surface area contributed by atoms with Crippen LogP contribution in [0.15, 0.2) is 0 Å². The molecule has 0 radical (unpaired) electrons. The second-order valence-electron chi connectivity index (χ2n) is 3.99. The Morgan fingerprint density at radius 3 is 2.00 bits per heavy atom. The molecule has 0 bridgehead atoms. The molecular weight excluding hydrogens is 264 g/mol. The van der Waals surface area contributed by atoms with Crippen molar-refractivity contribution in [2.45, 2.75) is 50.7 Å². The molecule has 8 heteroatoms. The molecule has 0 aliphatic rings. The van der Waals surface area contributed by atoms with Gasteiger partial charge in [-0.15, -0.1) is 0 Å². The average Bonchev–Trinajstić information content (AvgIpc) is 2.15. The van der Waals surface area contributed by atoms with Crippen molar-refractivity contribution in [1.29, 1.82) is 0 Å². The second kappa shape index (κ2) is 5.51. The van der Waals surface area contributed by atoms with Crippen LogP contribution in [0.1, 0.15) is 39.5 Å². The van der Waals surface area contributed by atoms with E-state index in [0.29, 0.717) is 12.8 Å². The first-order valence-corrected chi connectivity index (χ1v) is 6.60. The zero-order chi connectivity index (χ0) is 13.9. The Hall–Kier alpha value is -0.370. The highest BCUT2D eigenvalue weighted by atomic mass is 32.2. The first-order chi connectivity index (χ1) is 7.48. The van der Waals surface area contributed by atoms with Crippen LogP contribution in [0, 0.1) is 5.92 Å². The number of hydrogen-bond acceptors (Lipinski definition) is 3. The maximum Gasteiger partial charge on any atom is 0.396 e. The summed E-state index contributed by atoms with van der Waals surface area (Å²) in [5.41, 5.74) is 0. The van der Waals surface area contributed by atoms with Crippen molar-refractivity contribution >= 4 is 10.1 Å². The van der Waals surface area contributed by atoms with Crippen LogP contribution in [-0.4, -0.2) is 24.1 Å². The van der Waals surface area contributed by atoms with Gasteiger partial charge in [-0.05, 0) is 6.42 Å². The van der Waals surface area contributed by atoms with Crippen molar-refractivity contribution in [3.8, 4) is 0 Å². The largest absolute Gasteiger partial charge is 0.743 e. The molecule has 0 aliphatic heterocycles. The molecule has 1 unspecified atom stereocenters. The van der Waals surface area contributed by atoms with E-state index in [-0.39, 0.29) is 12.8 Å². The summed E-state index contributed by atoms with van der Waals surface area (Å²) in [6.45, 7) is 2.62. The van der Waals surface area contributed by atoms with Gasteiger partial charge in [0.15, 0.2) is 10.1 Å². The molecule has 0 saturated heterocycles. The van der Waals surface area contributed by atoms with Crippen LogP contribution in [0.3, 0.4) is 0 Å². The lowest BCUT2D eigenvalue weighted by atomic mass is 9.96. The van der Waals surface area contributed by atoms with E-state index >= 15 is 0 Å². The molecule has 0 heterocycles. The molecule has 0 aromatic carbocycles. The summed E-state index contributed by atoms with van der Waals surface area (Å²) in [5.74, 6) is -6.71. The van der Waals surface area contributed by atoms with Crippen LogP contribution < -0.4 is 0 Å². The predicted molar refractivity (Wildman–Crippen MR) is 52.9 cm³/mol. The standard InChI is InChI=1S/C9H16F4O3S/c1-3-4-5-6-7(2)8(10,11)9(12,13)17(14,15)16/h7H,3-6H2,1-2H3,(H,14,15,16)/p-1. The fraction of sp³-hybridized carbons (Fsp3) is 1.00. The summed E-state index contributed by atoms with van der Waals surface area (Å²) in [6, 6.07) is 0. The molecule has 17 heavy (non-hydrogen) atoms. The minimum atomic E-state index is -6.37. The van der Waals surface area contributed by atoms with Crippen LogP contribution in [0.5, 0.6) is 0 Å². The molecule has 0 amide bonds. The Kier molecular flexibility index (Phi) is 5.39. The van der Waals surface area contributed by atoms with Gasteiger partial charge in [-0.1, -0.05) is 33.1 Å². The van der Waals surface area contributed by atoms with E-state index in [4.69, 9.17) is 0 Å². The second-order valence-corrected chi connectivity index (χ2v) is 5.41. The molecule has 3 nitrogen and oxygen atoms in total. The third-order valence-electron chi connectivity index (χ3n) is 2.56. The fourth-order valence-corrected chi connectivity index (χ4v) is 1.87. The van der Waals surface area contributed by atoms with E-state index in [1.165, 1.54) is 0 Å². The lowest BCUT2D eigenvalue weighted by Crippen LogP contribution is -2.50. The topological polar surface area (TPSA) is 57.2 Å². The Morgan fingerprint density at radius 1 is 1.18 bits per heavy atom. The van der Waals surface area contributed by atoms with E-state index in [9.17, 15) is 30.5 Å². The van der Waals surface area contributed by atoms with Crippen LogP contribution >= 0.6 is 0 Å². The predicted octanol–water partition coefficient (Wildman–Crippen LogP) is 2.98. The molecule has 0 N–H and O–H groups in total. The highest BCUT2D eigenvalue weighted by molar-refractivity contribution is 7.86. The summed E-state index contributed by atoms with van der Waals surface area (Å²) in [5, 5.41) is -5.56. The summed E-state index contributed by atoms with van der Waals surface area (Å²) < 4.78 is 82.5. The fourth-order valence-electron chi connectivity index (χ4n) is 1.34. The number of halogens is 4. The maximum atomic E-state index is 13.2. The zero-order valence-corrected chi connectivity index (χ0v) is 10.4. The van der Waals surface area contributed by atoms with Gasteiger partial charge in [-0.2, -0.15) is 17.6 Å². The van der Waals surface area contributed by atoms with Gasteiger partial charge in [0.05, 0.1) is 0 Å². The molecular formula is C9H15F4O3S-. The summed E-state index contributed by atoms with van der Waals surface area (Å²) >= 11 is 0. The van der Waals surface area contributed by atoms with Gasteiger partial charge >= 0.3 is 11.2 Å². The molecule has 0 fully saturated rings. The van der Waals surface area contributed by atoms with Crippen molar-refractivity contribution in [2.24, 2.45) is 5.92 Å². The van der Waals surface area contributed by atoms with Gasteiger partial charge in [0.25, 0.3) is 0 Å². The van der Waals surface area contributed by atoms with Gasteiger partial charge in [-0.3, -0.25) is 0 Å². The van der Waals surface area contributed by atoms with Crippen molar-refractivity contribution in [3.05, 3.63) is 0 Å². The minimum Gasteiger partial charge on any atom is -0.743 e. The Bertz CT molecular complexity index is 340. The van der Waals surface area contributed by atoms with Crippen molar-refractivity contribution in [3.63, 3.8) is 0 Å². The van der Waals surface area contributed by atoms with Gasteiger partial charge in [0.1, 0.15) is 0 Å². The summed E-state index contributed by atoms with van der Waals surface area (Å²) in [7, 11) is -6.37. The molecule has 104 valence electrons. The normalized spacial score (nSPS) is 15.9. The van der Waals surface area contributed by atoms with E-state index in [1.54, 1.807) is 6.92 Å². The van der Waals surface area contributed by atoms with Crippen molar-refractivity contribution in [1.82, 2.24) is 0 Å². The molecule has 0 rings (SSSR count). The zero-order valence-electron chi connectivity index (χ0n) is 9.55. The van der Waals surface area contributed by atoms with E-state index in [0.717, 1.165) is 6.92 Å². The van der Waals surface area contributed by atoms with Crippen LogP contribution in [0.2, 0.25) is 0 Å². The van der Waals surface area contributed by atoms with E-state index < -0.39 is 27.2 Å². The molecule has 0 spiro atoms. The van der Waals surface area contributed by atoms with Gasteiger partial charge in [0.2, 0.25) is 0 Å². The first kappa shape index (κ1) is 16.6. The minimum absolute atomic E-state index is 0.258. The monoisotopic (exact) mass is 279 g/mol. The summed E-state index contributed by atoms with van der Waals surface area (Å²) in [4.78, 5) is 0. The van der Waals surface area contributed by atoms with Gasteiger partial charge in [0, 0.05) is 5.92 Å². The molecule has 0 aliphatic carbocycles. The maximum absolute atomic E-state index is 13.2. The number of hydrogen-bond donors (Lipinski definition) is 0. The van der Waals surface area contributed by atoms with Crippen LogP contribution in [-0.2, 0) is 10.1 Å². The number of alkyl halides is 4. The molecule has 0 saturated carbocycles. The Balaban J connectivity index is 4.88. The highest BCUT2D eigenvalue weighted by Gasteiger charge is 2.63. The number of unbranched alkanes of at least 4 members (excludes halogenated alkanes) is 2.